The van der Waals surface area contributed by atoms with Crippen LogP contribution in [-0.4, -0.2) is 50.1 Å². The molecule has 1 heterocycles. The molecule has 28 heavy (non-hydrogen) atoms. The fourth-order valence-electron chi connectivity index (χ4n) is 3.33. The molecule has 1 aliphatic rings. The SMILES string of the molecule is CCN1CCN(c2ccc(NC(=O)COc3ccc(Br)cc3Cl)cc2C)CC1. The van der Waals surface area contributed by atoms with Gasteiger partial charge in [-0.05, 0) is 55.4 Å². The normalized spacial score (nSPS) is 14.8. The second-order valence-electron chi connectivity index (χ2n) is 6.83. The largest absolute Gasteiger partial charge is 0.482 e. The molecule has 2 aromatic carbocycles. The van der Waals surface area contributed by atoms with Gasteiger partial charge in [-0.3, -0.25) is 4.79 Å². The van der Waals surface area contributed by atoms with Crippen molar-refractivity contribution in [1.29, 1.82) is 0 Å². The Morgan fingerprint density at radius 2 is 1.93 bits per heavy atom. The fraction of sp³-hybridized carbons (Fsp3) is 0.381. The van der Waals surface area contributed by atoms with Crippen molar-refractivity contribution >= 4 is 44.8 Å². The number of benzene rings is 2. The third-order valence-corrected chi connectivity index (χ3v) is 5.68. The maximum Gasteiger partial charge on any atom is 0.262 e. The molecule has 3 rings (SSSR count). The zero-order valence-electron chi connectivity index (χ0n) is 16.2. The number of hydrogen-bond donors (Lipinski definition) is 1. The Kier molecular flexibility index (Phi) is 7.21. The average molecular weight is 467 g/mol. The lowest BCUT2D eigenvalue weighted by Crippen LogP contribution is -2.46. The highest BCUT2D eigenvalue weighted by molar-refractivity contribution is 9.10. The van der Waals surface area contributed by atoms with Crippen LogP contribution in [0.1, 0.15) is 12.5 Å². The van der Waals surface area contributed by atoms with Crippen molar-refractivity contribution in [3.8, 4) is 5.75 Å². The Balaban J connectivity index is 1.55. The molecule has 1 fully saturated rings. The molecule has 1 amide bonds. The zero-order chi connectivity index (χ0) is 20.1. The van der Waals surface area contributed by atoms with E-state index < -0.39 is 0 Å². The lowest BCUT2D eigenvalue weighted by Gasteiger charge is -2.36. The van der Waals surface area contributed by atoms with Crippen molar-refractivity contribution in [2.75, 3.05) is 49.5 Å². The summed E-state index contributed by atoms with van der Waals surface area (Å²) >= 11 is 9.45. The number of hydrogen-bond acceptors (Lipinski definition) is 4. The van der Waals surface area contributed by atoms with Gasteiger partial charge in [0.05, 0.1) is 5.02 Å². The van der Waals surface area contributed by atoms with Gasteiger partial charge in [0.2, 0.25) is 0 Å². The number of rotatable bonds is 6. The predicted octanol–water partition coefficient (Wildman–Crippen LogP) is 4.57. The molecule has 0 bridgehead atoms. The van der Waals surface area contributed by atoms with Gasteiger partial charge in [-0.15, -0.1) is 0 Å². The average Bonchev–Trinajstić information content (AvgIpc) is 2.67. The van der Waals surface area contributed by atoms with Crippen LogP contribution in [-0.2, 0) is 4.79 Å². The quantitative estimate of drug-likeness (QED) is 0.677. The molecule has 0 radical (unpaired) electrons. The third-order valence-electron chi connectivity index (χ3n) is 4.89. The molecular formula is C21H25BrClN3O2. The van der Waals surface area contributed by atoms with Crippen LogP contribution in [0.4, 0.5) is 11.4 Å². The minimum Gasteiger partial charge on any atom is -0.482 e. The molecule has 1 N–H and O–H groups in total. The Bertz CT molecular complexity index is 838. The molecule has 5 nitrogen and oxygen atoms in total. The van der Waals surface area contributed by atoms with Crippen molar-refractivity contribution in [2.24, 2.45) is 0 Å². The van der Waals surface area contributed by atoms with E-state index >= 15 is 0 Å². The van der Waals surface area contributed by atoms with Gasteiger partial charge in [0.1, 0.15) is 5.75 Å². The van der Waals surface area contributed by atoms with Gasteiger partial charge >= 0.3 is 0 Å². The third kappa shape index (κ3) is 5.40. The van der Waals surface area contributed by atoms with Gasteiger partial charge in [-0.1, -0.05) is 34.5 Å². The van der Waals surface area contributed by atoms with Crippen molar-refractivity contribution in [1.82, 2.24) is 4.90 Å². The number of piperazine rings is 1. The fourth-order valence-corrected chi connectivity index (χ4v) is 4.05. The standard InChI is InChI=1S/C21H25BrClN3O2/c1-3-25-8-10-26(11-9-25)19-6-5-17(12-15(19)2)24-21(27)14-28-20-7-4-16(22)13-18(20)23/h4-7,12-13H,3,8-11,14H2,1-2H3,(H,24,27). The van der Waals surface area contributed by atoms with E-state index in [0.717, 1.165) is 48.4 Å². The second kappa shape index (κ2) is 9.63. The lowest BCUT2D eigenvalue weighted by molar-refractivity contribution is -0.118. The Morgan fingerprint density at radius 3 is 2.57 bits per heavy atom. The number of halogens is 2. The van der Waals surface area contributed by atoms with Crippen LogP contribution in [0.15, 0.2) is 40.9 Å². The second-order valence-corrected chi connectivity index (χ2v) is 8.16. The Hall–Kier alpha value is -1.76. The van der Waals surface area contributed by atoms with Gasteiger partial charge in [-0.25, -0.2) is 0 Å². The number of carbonyl (C=O) groups excluding carboxylic acids is 1. The van der Waals surface area contributed by atoms with E-state index in [1.54, 1.807) is 12.1 Å². The summed E-state index contributed by atoms with van der Waals surface area (Å²) in [6, 6.07) is 11.3. The van der Waals surface area contributed by atoms with Crippen LogP contribution in [0.5, 0.6) is 5.75 Å². The number of nitrogens with zero attached hydrogens (tertiary/aromatic N) is 2. The van der Waals surface area contributed by atoms with Crippen molar-refractivity contribution < 1.29 is 9.53 Å². The van der Waals surface area contributed by atoms with E-state index in [4.69, 9.17) is 16.3 Å². The topological polar surface area (TPSA) is 44.8 Å². The molecule has 0 spiro atoms. The van der Waals surface area contributed by atoms with Gasteiger partial charge in [0, 0.05) is 42.0 Å². The van der Waals surface area contributed by atoms with Crippen LogP contribution in [0.25, 0.3) is 0 Å². The highest BCUT2D eigenvalue weighted by atomic mass is 79.9. The summed E-state index contributed by atoms with van der Waals surface area (Å²) in [5.74, 6) is 0.264. The molecule has 2 aromatic rings. The highest BCUT2D eigenvalue weighted by Crippen LogP contribution is 2.28. The lowest BCUT2D eigenvalue weighted by atomic mass is 10.1. The number of anilines is 2. The molecule has 1 saturated heterocycles. The van der Waals surface area contributed by atoms with E-state index in [0.29, 0.717) is 10.8 Å². The summed E-state index contributed by atoms with van der Waals surface area (Å²) < 4.78 is 6.38. The molecule has 150 valence electrons. The van der Waals surface area contributed by atoms with E-state index in [1.807, 2.05) is 18.2 Å². The van der Waals surface area contributed by atoms with Crippen LogP contribution >= 0.6 is 27.5 Å². The highest BCUT2D eigenvalue weighted by Gasteiger charge is 2.17. The first-order chi connectivity index (χ1) is 13.5. The summed E-state index contributed by atoms with van der Waals surface area (Å²) in [7, 11) is 0. The summed E-state index contributed by atoms with van der Waals surface area (Å²) in [5, 5.41) is 3.35. The first kappa shape index (κ1) is 21.0. The van der Waals surface area contributed by atoms with Crippen LogP contribution in [0.2, 0.25) is 5.02 Å². The molecule has 0 saturated carbocycles. The van der Waals surface area contributed by atoms with E-state index in [1.165, 1.54) is 5.69 Å². The van der Waals surface area contributed by atoms with Crippen molar-refractivity contribution in [3.05, 3.63) is 51.5 Å². The van der Waals surface area contributed by atoms with Crippen molar-refractivity contribution in [2.45, 2.75) is 13.8 Å². The molecule has 0 aromatic heterocycles. The molecule has 7 heteroatoms. The minimum atomic E-state index is -0.220. The van der Waals surface area contributed by atoms with E-state index in [9.17, 15) is 4.79 Å². The van der Waals surface area contributed by atoms with Crippen LogP contribution in [0, 0.1) is 6.92 Å². The van der Waals surface area contributed by atoms with Crippen molar-refractivity contribution in [3.63, 3.8) is 0 Å². The van der Waals surface area contributed by atoms with Gasteiger partial charge in [-0.2, -0.15) is 0 Å². The summed E-state index contributed by atoms with van der Waals surface area (Å²) in [6.45, 7) is 9.52. The maximum atomic E-state index is 12.2. The predicted molar refractivity (Wildman–Crippen MR) is 119 cm³/mol. The monoisotopic (exact) mass is 465 g/mol. The van der Waals surface area contributed by atoms with Gasteiger partial charge in [0.15, 0.2) is 6.61 Å². The first-order valence-electron chi connectivity index (χ1n) is 9.42. The van der Waals surface area contributed by atoms with Crippen LogP contribution in [0.3, 0.4) is 0 Å². The van der Waals surface area contributed by atoms with Gasteiger partial charge in [0.25, 0.3) is 5.91 Å². The maximum absolute atomic E-state index is 12.2. The summed E-state index contributed by atoms with van der Waals surface area (Å²) in [6.07, 6.45) is 0. The molecule has 1 aliphatic heterocycles. The van der Waals surface area contributed by atoms with E-state index in [2.05, 4.69) is 51.0 Å². The number of amides is 1. The van der Waals surface area contributed by atoms with E-state index in [-0.39, 0.29) is 12.5 Å². The number of ether oxygens (including phenoxy) is 1. The van der Waals surface area contributed by atoms with Gasteiger partial charge < -0.3 is 19.9 Å². The number of aryl methyl sites for hydroxylation is 1. The molecular weight excluding hydrogens is 442 g/mol. The van der Waals surface area contributed by atoms with Crippen LogP contribution < -0.4 is 15.0 Å². The molecule has 0 atom stereocenters. The molecule has 0 aliphatic carbocycles. The Morgan fingerprint density at radius 1 is 1.18 bits per heavy atom. The number of nitrogens with one attached hydrogen (secondary N) is 1. The first-order valence-corrected chi connectivity index (χ1v) is 10.6. The zero-order valence-corrected chi connectivity index (χ0v) is 18.5. The summed E-state index contributed by atoms with van der Waals surface area (Å²) in [4.78, 5) is 17.1. The number of carbonyl (C=O) groups is 1. The Labute approximate surface area is 179 Å². The minimum absolute atomic E-state index is 0.0961. The summed E-state index contributed by atoms with van der Waals surface area (Å²) in [5.41, 5.74) is 3.15. The number of likely N-dealkylation sites (N-methyl/N-ethyl adjacent to an activating group) is 1. The molecule has 0 unspecified atom stereocenters. The smallest absolute Gasteiger partial charge is 0.262 e.